The maximum atomic E-state index is 11.7. The lowest BCUT2D eigenvalue weighted by Crippen LogP contribution is -2.48. The van der Waals surface area contributed by atoms with Gasteiger partial charge in [-0.3, -0.25) is 4.79 Å². The number of rotatable bonds is 4. The Kier molecular flexibility index (Phi) is 4.55. The van der Waals surface area contributed by atoms with Crippen LogP contribution in [0.2, 0.25) is 0 Å². The lowest BCUT2D eigenvalue weighted by Gasteiger charge is -2.33. The second kappa shape index (κ2) is 5.70. The number of likely N-dealkylation sites (tertiary alicyclic amines) is 1. The van der Waals surface area contributed by atoms with Crippen LogP contribution in [0.5, 0.6) is 0 Å². The minimum Gasteiger partial charge on any atom is -0.480 e. The summed E-state index contributed by atoms with van der Waals surface area (Å²) in [5, 5.41) is 11.9. The van der Waals surface area contributed by atoms with E-state index in [0.29, 0.717) is 25.9 Å². The predicted octanol–water partition coefficient (Wildman–Crippen LogP) is 0.0616. The zero-order chi connectivity index (χ0) is 11.3. The number of carboxylic acids is 1. The normalized spacial score (nSPS) is 21.4. The molecule has 1 heterocycles. The van der Waals surface area contributed by atoms with Crippen molar-refractivity contribution in [3.05, 3.63) is 0 Å². The van der Waals surface area contributed by atoms with Crippen molar-refractivity contribution < 1.29 is 14.7 Å². The van der Waals surface area contributed by atoms with E-state index in [4.69, 9.17) is 5.11 Å². The van der Waals surface area contributed by atoms with Gasteiger partial charge in [-0.2, -0.15) is 0 Å². The van der Waals surface area contributed by atoms with E-state index in [1.807, 2.05) is 0 Å². The molecular formula is C10H18N2O3. The number of carbonyl (C=O) groups excluding carboxylic acids is 1. The van der Waals surface area contributed by atoms with E-state index in [1.165, 1.54) is 4.90 Å². The van der Waals surface area contributed by atoms with Crippen LogP contribution in [0.4, 0.5) is 0 Å². The van der Waals surface area contributed by atoms with Gasteiger partial charge in [0.2, 0.25) is 5.91 Å². The van der Waals surface area contributed by atoms with Crippen LogP contribution in [0.1, 0.15) is 25.7 Å². The first-order chi connectivity index (χ1) is 7.16. The number of aliphatic carboxylic acids is 1. The number of carbonyl (C=O) groups is 2. The molecule has 0 aromatic rings. The maximum absolute atomic E-state index is 11.7. The number of carboxylic acid groups (broad SMARTS) is 1. The summed E-state index contributed by atoms with van der Waals surface area (Å²) >= 11 is 0. The van der Waals surface area contributed by atoms with Crippen molar-refractivity contribution in [2.45, 2.75) is 31.7 Å². The first-order valence-electron chi connectivity index (χ1n) is 5.33. The second-order valence-electron chi connectivity index (χ2n) is 3.79. The van der Waals surface area contributed by atoms with Crippen LogP contribution in [0.25, 0.3) is 0 Å². The molecule has 1 atom stereocenters. The van der Waals surface area contributed by atoms with Gasteiger partial charge in [-0.1, -0.05) is 0 Å². The molecule has 0 bridgehead atoms. The lowest BCUT2D eigenvalue weighted by atomic mass is 10.0. The van der Waals surface area contributed by atoms with E-state index in [1.54, 1.807) is 7.05 Å². The largest absolute Gasteiger partial charge is 0.480 e. The summed E-state index contributed by atoms with van der Waals surface area (Å²) in [6, 6.07) is -0.608. The van der Waals surface area contributed by atoms with Gasteiger partial charge in [0.1, 0.15) is 6.04 Å². The Morgan fingerprint density at radius 3 is 2.80 bits per heavy atom. The molecule has 15 heavy (non-hydrogen) atoms. The second-order valence-corrected chi connectivity index (χ2v) is 3.79. The van der Waals surface area contributed by atoms with E-state index >= 15 is 0 Å². The Balaban J connectivity index is 2.55. The summed E-state index contributed by atoms with van der Waals surface area (Å²) in [4.78, 5) is 24.1. The molecule has 5 heteroatoms. The average molecular weight is 214 g/mol. The van der Waals surface area contributed by atoms with Crippen LogP contribution in [-0.4, -0.2) is 48.1 Å². The molecule has 1 aliphatic heterocycles. The van der Waals surface area contributed by atoms with Gasteiger partial charge in [0.15, 0.2) is 0 Å². The Labute approximate surface area is 89.4 Å². The summed E-state index contributed by atoms with van der Waals surface area (Å²) < 4.78 is 0. The Bertz CT molecular complexity index is 243. The van der Waals surface area contributed by atoms with Gasteiger partial charge < -0.3 is 15.3 Å². The molecule has 0 saturated carbocycles. The number of hydrogen-bond acceptors (Lipinski definition) is 3. The van der Waals surface area contributed by atoms with E-state index in [0.717, 1.165) is 12.8 Å². The summed E-state index contributed by atoms with van der Waals surface area (Å²) in [6.07, 6.45) is 2.77. The minimum absolute atomic E-state index is 0.0588. The van der Waals surface area contributed by atoms with Crippen LogP contribution in [-0.2, 0) is 9.59 Å². The van der Waals surface area contributed by atoms with Gasteiger partial charge in [-0.05, 0) is 26.3 Å². The van der Waals surface area contributed by atoms with Crippen LogP contribution in [0.3, 0.4) is 0 Å². The van der Waals surface area contributed by atoms with Crippen LogP contribution in [0.15, 0.2) is 0 Å². The Hall–Kier alpha value is -1.10. The van der Waals surface area contributed by atoms with Crippen molar-refractivity contribution in [3.8, 4) is 0 Å². The molecular weight excluding hydrogens is 196 g/mol. The molecule has 1 aliphatic rings. The van der Waals surface area contributed by atoms with E-state index in [2.05, 4.69) is 5.32 Å². The number of amides is 1. The third-order valence-corrected chi connectivity index (χ3v) is 2.70. The highest BCUT2D eigenvalue weighted by Gasteiger charge is 2.31. The summed E-state index contributed by atoms with van der Waals surface area (Å²) in [5.41, 5.74) is 0. The number of hydrogen-bond donors (Lipinski definition) is 2. The number of nitrogens with one attached hydrogen (secondary N) is 1. The van der Waals surface area contributed by atoms with Crippen LogP contribution in [0, 0.1) is 0 Å². The summed E-state index contributed by atoms with van der Waals surface area (Å²) in [6.45, 7) is 1.18. The fraction of sp³-hybridized carbons (Fsp3) is 0.800. The van der Waals surface area contributed by atoms with E-state index < -0.39 is 12.0 Å². The monoisotopic (exact) mass is 214 g/mol. The SMILES string of the molecule is CNCCC(=O)N1CCCCC1C(=O)O. The first kappa shape index (κ1) is 12.0. The molecule has 1 amide bonds. The zero-order valence-electron chi connectivity index (χ0n) is 9.03. The van der Waals surface area contributed by atoms with Gasteiger partial charge in [0, 0.05) is 19.5 Å². The molecule has 0 aromatic carbocycles. The topological polar surface area (TPSA) is 69.6 Å². The molecule has 0 aliphatic carbocycles. The van der Waals surface area contributed by atoms with E-state index in [-0.39, 0.29) is 5.91 Å². The molecule has 0 radical (unpaired) electrons. The molecule has 0 spiro atoms. The first-order valence-corrected chi connectivity index (χ1v) is 5.33. The number of piperidine rings is 1. The fourth-order valence-corrected chi connectivity index (χ4v) is 1.86. The average Bonchev–Trinajstić information content (AvgIpc) is 2.25. The summed E-state index contributed by atoms with van der Waals surface area (Å²) in [5.74, 6) is -0.941. The van der Waals surface area contributed by atoms with Crippen molar-refractivity contribution in [1.82, 2.24) is 10.2 Å². The molecule has 5 nitrogen and oxygen atoms in total. The standard InChI is InChI=1S/C10H18N2O3/c1-11-6-5-9(13)12-7-3-2-4-8(12)10(14)15/h8,11H,2-7H2,1H3,(H,14,15). The van der Waals surface area contributed by atoms with Crippen molar-refractivity contribution in [1.29, 1.82) is 0 Å². The number of nitrogens with zero attached hydrogens (tertiary/aromatic N) is 1. The molecule has 1 fully saturated rings. The fourth-order valence-electron chi connectivity index (χ4n) is 1.86. The molecule has 2 N–H and O–H groups in total. The lowest BCUT2D eigenvalue weighted by molar-refractivity contribution is -0.152. The van der Waals surface area contributed by atoms with Crippen LogP contribution < -0.4 is 5.32 Å². The van der Waals surface area contributed by atoms with E-state index in [9.17, 15) is 9.59 Å². The maximum Gasteiger partial charge on any atom is 0.326 e. The van der Waals surface area contributed by atoms with Crippen LogP contribution >= 0.6 is 0 Å². The third kappa shape index (κ3) is 3.20. The molecule has 1 saturated heterocycles. The van der Waals surface area contributed by atoms with Crippen molar-refractivity contribution in [2.75, 3.05) is 20.1 Å². The van der Waals surface area contributed by atoms with Crippen molar-refractivity contribution in [2.24, 2.45) is 0 Å². The van der Waals surface area contributed by atoms with Gasteiger partial charge in [-0.15, -0.1) is 0 Å². The minimum atomic E-state index is -0.882. The quantitative estimate of drug-likeness (QED) is 0.694. The zero-order valence-corrected chi connectivity index (χ0v) is 9.03. The van der Waals surface area contributed by atoms with Gasteiger partial charge in [0.05, 0.1) is 0 Å². The molecule has 86 valence electrons. The molecule has 1 rings (SSSR count). The van der Waals surface area contributed by atoms with Crippen molar-refractivity contribution >= 4 is 11.9 Å². The third-order valence-electron chi connectivity index (χ3n) is 2.70. The van der Waals surface area contributed by atoms with Gasteiger partial charge in [0.25, 0.3) is 0 Å². The van der Waals surface area contributed by atoms with Gasteiger partial charge >= 0.3 is 5.97 Å². The highest BCUT2D eigenvalue weighted by atomic mass is 16.4. The molecule has 0 aromatic heterocycles. The molecule has 1 unspecified atom stereocenters. The Morgan fingerprint density at radius 1 is 1.47 bits per heavy atom. The van der Waals surface area contributed by atoms with Gasteiger partial charge in [-0.25, -0.2) is 4.79 Å². The smallest absolute Gasteiger partial charge is 0.326 e. The highest BCUT2D eigenvalue weighted by Crippen LogP contribution is 2.17. The summed E-state index contributed by atoms with van der Waals surface area (Å²) in [7, 11) is 1.78. The van der Waals surface area contributed by atoms with Crippen molar-refractivity contribution in [3.63, 3.8) is 0 Å². The highest BCUT2D eigenvalue weighted by molar-refractivity contribution is 5.83. The predicted molar refractivity (Wildman–Crippen MR) is 55.5 cm³/mol. The Morgan fingerprint density at radius 2 is 2.20 bits per heavy atom.